The quantitative estimate of drug-likeness (QED) is 0.465. The molecule has 4 aromatic rings. The lowest BCUT2D eigenvalue weighted by Crippen LogP contribution is -2.32. The fourth-order valence-corrected chi connectivity index (χ4v) is 4.39. The maximum Gasteiger partial charge on any atom is 0.276 e. The monoisotopic (exact) mass is 440 g/mol. The third-order valence-electron chi connectivity index (χ3n) is 6.32. The number of likely N-dealkylation sites (tertiary alicyclic amines) is 1. The van der Waals surface area contributed by atoms with Crippen molar-refractivity contribution in [3.63, 3.8) is 0 Å². The van der Waals surface area contributed by atoms with Crippen molar-refractivity contribution in [1.82, 2.24) is 25.1 Å². The molecule has 0 bridgehead atoms. The summed E-state index contributed by atoms with van der Waals surface area (Å²) in [6.45, 7) is 7.47. The van der Waals surface area contributed by atoms with Crippen LogP contribution in [-0.4, -0.2) is 44.1 Å². The molecule has 33 heavy (non-hydrogen) atoms. The summed E-state index contributed by atoms with van der Waals surface area (Å²) in [6.07, 6.45) is 9.72. The zero-order valence-corrected chi connectivity index (χ0v) is 19.0. The van der Waals surface area contributed by atoms with E-state index in [4.69, 9.17) is 0 Å². The molecular formula is C26H28N6O. The number of carbonyl (C=O) groups is 1. The minimum Gasteiger partial charge on any atom is -0.319 e. The number of piperidine rings is 1. The molecule has 1 fully saturated rings. The topological polar surface area (TPSA) is 86.8 Å². The number of pyridine rings is 2. The number of amides is 1. The third-order valence-corrected chi connectivity index (χ3v) is 6.32. The van der Waals surface area contributed by atoms with E-state index in [-0.39, 0.29) is 5.91 Å². The smallest absolute Gasteiger partial charge is 0.276 e. The molecule has 2 N–H and O–H groups in total. The average Bonchev–Trinajstić information content (AvgIpc) is 3.24. The van der Waals surface area contributed by atoms with E-state index in [9.17, 15) is 4.79 Å². The lowest BCUT2D eigenvalue weighted by Gasteiger charge is -2.30. The van der Waals surface area contributed by atoms with Crippen molar-refractivity contribution in [3.05, 3.63) is 71.9 Å². The van der Waals surface area contributed by atoms with E-state index in [0.717, 1.165) is 53.1 Å². The van der Waals surface area contributed by atoms with Crippen molar-refractivity contribution in [2.75, 3.05) is 18.4 Å². The summed E-state index contributed by atoms with van der Waals surface area (Å²) in [7, 11) is 0. The standard InChI is InChI=1S/C26H28N6O/c1-17-5-7-32(8-6-17)16-19-10-21(14-28-13-19)20-3-4-24-23(11-20)25(31-30-24)26(33)29-22-9-18(2)12-27-15-22/h3-4,9-15,17H,5-8,16H2,1-2H3,(H,29,33)(H,30,31). The Morgan fingerprint density at radius 1 is 1.06 bits per heavy atom. The number of nitrogens with zero attached hydrogens (tertiary/aromatic N) is 4. The molecular weight excluding hydrogens is 412 g/mol. The highest BCUT2D eigenvalue weighted by molar-refractivity contribution is 6.11. The number of rotatable bonds is 5. The molecule has 4 heterocycles. The molecule has 7 heteroatoms. The molecule has 1 aromatic carbocycles. The van der Waals surface area contributed by atoms with Crippen LogP contribution in [0.2, 0.25) is 0 Å². The van der Waals surface area contributed by atoms with Gasteiger partial charge >= 0.3 is 0 Å². The highest BCUT2D eigenvalue weighted by Gasteiger charge is 2.17. The molecule has 7 nitrogen and oxygen atoms in total. The largest absolute Gasteiger partial charge is 0.319 e. The van der Waals surface area contributed by atoms with Crippen LogP contribution in [0.1, 0.15) is 41.4 Å². The Hall–Kier alpha value is -3.58. The molecule has 5 rings (SSSR count). The first-order valence-corrected chi connectivity index (χ1v) is 11.4. The number of hydrogen-bond donors (Lipinski definition) is 2. The van der Waals surface area contributed by atoms with Gasteiger partial charge in [-0.3, -0.25) is 24.8 Å². The number of anilines is 1. The maximum atomic E-state index is 12.9. The Labute approximate surface area is 193 Å². The van der Waals surface area contributed by atoms with Crippen molar-refractivity contribution in [2.24, 2.45) is 5.92 Å². The number of aryl methyl sites for hydroxylation is 1. The van der Waals surface area contributed by atoms with Crippen molar-refractivity contribution in [2.45, 2.75) is 33.2 Å². The molecule has 1 saturated heterocycles. The highest BCUT2D eigenvalue weighted by atomic mass is 16.1. The molecule has 1 aliphatic rings. The molecule has 0 unspecified atom stereocenters. The molecule has 0 saturated carbocycles. The van der Waals surface area contributed by atoms with E-state index < -0.39 is 0 Å². The van der Waals surface area contributed by atoms with Crippen LogP contribution in [0.3, 0.4) is 0 Å². The Bertz CT molecular complexity index is 1290. The van der Waals surface area contributed by atoms with Gasteiger partial charge in [0.1, 0.15) is 0 Å². The van der Waals surface area contributed by atoms with Gasteiger partial charge in [0.05, 0.1) is 17.4 Å². The van der Waals surface area contributed by atoms with E-state index in [2.05, 4.69) is 43.4 Å². The van der Waals surface area contributed by atoms with Crippen LogP contribution in [0.4, 0.5) is 5.69 Å². The average molecular weight is 441 g/mol. The number of nitrogens with one attached hydrogen (secondary N) is 2. The second kappa shape index (κ2) is 9.11. The predicted octanol–water partition coefficient (Wildman–Crippen LogP) is 4.81. The van der Waals surface area contributed by atoms with Gasteiger partial charge in [0.25, 0.3) is 5.91 Å². The minimum atomic E-state index is -0.267. The van der Waals surface area contributed by atoms with Gasteiger partial charge in [-0.05, 0) is 79.7 Å². The summed E-state index contributed by atoms with van der Waals surface area (Å²) in [5.41, 5.74) is 6.06. The minimum absolute atomic E-state index is 0.267. The van der Waals surface area contributed by atoms with Gasteiger partial charge in [-0.15, -0.1) is 0 Å². The van der Waals surface area contributed by atoms with E-state index >= 15 is 0 Å². The number of aromatic nitrogens is 4. The van der Waals surface area contributed by atoms with E-state index in [1.165, 1.54) is 18.4 Å². The van der Waals surface area contributed by atoms with Crippen molar-refractivity contribution in [3.8, 4) is 11.1 Å². The first-order chi connectivity index (χ1) is 16.0. The van der Waals surface area contributed by atoms with Crippen LogP contribution in [0.15, 0.2) is 55.1 Å². The summed E-state index contributed by atoms with van der Waals surface area (Å²) >= 11 is 0. The van der Waals surface area contributed by atoms with Gasteiger partial charge in [-0.1, -0.05) is 13.0 Å². The second-order valence-corrected chi connectivity index (χ2v) is 9.08. The number of H-pyrrole nitrogens is 1. The zero-order chi connectivity index (χ0) is 22.8. The lowest BCUT2D eigenvalue weighted by atomic mass is 9.98. The first-order valence-electron chi connectivity index (χ1n) is 11.4. The summed E-state index contributed by atoms with van der Waals surface area (Å²) in [5, 5.41) is 10.9. The zero-order valence-electron chi connectivity index (χ0n) is 19.0. The Balaban J connectivity index is 1.39. The SMILES string of the molecule is Cc1cncc(NC(=O)c2n[nH]c3ccc(-c4cncc(CN5CCC(C)CC5)c4)cc23)c1. The van der Waals surface area contributed by atoms with Crippen molar-refractivity contribution >= 4 is 22.5 Å². The number of benzene rings is 1. The molecule has 0 radical (unpaired) electrons. The van der Waals surface area contributed by atoms with Crippen LogP contribution in [0.5, 0.6) is 0 Å². The maximum absolute atomic E-state index is 12.9. The molecule has 0 spiro atoms. The summed E-state index contributed by atoms with van der Waals surface area (Å²) in [5.74, 6) is 0.554. The Morgan fingerprint density at radius 3 is 2.70 bits per heavy atom. The number of carbonyl (C=O) groups excluding carboxylic acids is 1. The van der Waals surface area contributed by atoms with Crippen LogP contribution in [-0.2, 0) is 6.54 Å². The van der Waals surface area contributed by atoms with Crippen LogP contribution < -0.4 is 5.32 Å². The molecule has 1 amide bonds. The van der Waals surface area contributed by atoms with Gasteiger partial charge in [0, 0.05) is 36.1 Å². The third kappa shape index (κ3) is 4.78. The van der Waals surface area contributed by atoms with Crippen LogP contribution >= 0.6 is 0 Å². The number of aromatic amines is 1. The summed E-state index contributed by atoms with van der Waals surface area (Å²) in [6, 6.07) is 10.1. The van der Waals surface area contributed by atoms with Gasteiger partial charge in [0.15, 0.2) is 5.69 Å². The molecule has 168 valence electrons. The molecule has 0 atom stereocenters. The van der Waals surface area contributed by atoms with Gasteiger partial charge < -0.3 is 5.32 Å². The van der Waals surface area contributed by atoms with Crippen LogP contribution in [0, 0.1) is 12.8 Å². The predicted molar refractivity (Wildman–Crippen MR) is 130 cm³/mol. The number of fused-ring (bicyclic) bond motifs is 1. The summed E-state index contributed by atoms with van der Waals surface area (Å²) in [4.78, 5) is 24.0. The van der Waals surface area contributed by atoms with E-state index in [0.29, 0.717) is 11.4 Å². The fourth-order valence-electron chi connectivity index (χ4n) is 4.39. The van der Waals surface area contributed by atoms with Crippen LogP contribution in [0.25, 0.3) is 22.0 Å². The second-order valence-electron chi connectivity index (χ2n) is 9.08. The normalized spacial score (nSPS) is 15.1. The lowest BCUT2D eigenvalue weighted by molar-refractivity contribution is 0.102. The molecule has 1 aliphatic heterocycles. The van der Waals surface area contributed by atoms with E-state index in [1.54, 1.807) is 12.4 Å². The van der Waals surface area contributed by atoms with Gasteiger partial charge in [0.2, 0.25) is 0 Å². The Morgan fingerprint density at radius 2 is 1.88 bits per heavy atom. The van der Waals surface area contributed by atoms with Gasteiger partial charge in [-0.2, -0.15) is 5.10 Å². The number of hydrogen-bond acceptors (Lipinski definition) is 5. The Kier molecular flexibility index (Phi) is 5.88. The molecule has 0 aliphatic carbocycles. The fraction of sp³-hybridized carbons (Fsp3) is 0.308. The highest BCUT2D eigenvalue weighted by Crippen LogP contribution is 2.27. The van der Waals surface area contributed by atoms with Crippen molar-refractivity contribution < 1.29 is 4.79 Å². The van der Waals surface area contributed by atoms with E-state index in [1.807, 2.05) is 43.6 Å². The molecule has 3 aromatic heterocycles. The van der Waals surface area contributed by atoms with Gasteiger partial charge in [-0.25, -0.2) is 0 Å². The summed E-state index contributed by atoms with van der Waals surface area (Å²) < 4.78 is 0. The first kappa shape index (κ1) is 21.3. The van der Waals surface area contributed by atoms with Crippen molar-refractivity contribution in [1.29, 1.82) is 0 Å².